The number of oxazole rings is 1. The second kappa shape index (κ2) is 21.5. The number of aryl methyl sites for hydroxylation is 1. The van der Waals surface area contributed by atoms with Crippen LogP contribution in [0.3, 0.4) is 0 Å². The first-order valence-corrected chi connectivity index (χ1v) is 23.5. The number of thiocarbonyl (C=S) groups is 1. The van der Waals surface area contributed by atoms with Crippen molar-refractivity contribution >= 4 is 52.3 Å². The van der Waals surface area contributed by atoms with E-state index >= 15 is 0 Å². The number of nitriles is 1. The standard InChI is InChI=1S/C53H59N7O8S/c1-34-46(68-33-56-34)38-14-12-35(13-15-38)31-55-48(62)43-11-10-26-58(43)49(63)47(52(2,3)4)57-45(61)32-66-27-8-9-28-67-42-24-19-37(20-25-42)36-16-21-40(22-17-36)60-51(69)59(50(64)53(60,5)6)41-23-18-39(30-54)44(29-41)65-7/h12-25,29,33,43,47H,8-11,26-28,31-32H2,1-7H3,(H,55,62)(H,57,61)/t43-,47?/m0/s1. The van der Waals surface area contributed by atoms with Crippen molar-refractivity contribution < 1.29 is 37.8 Å². The van der Waals surface area contributed by atoms with Gasteiger partial charge in [-0.3, -0.25) is 24.1 Å². The van der Waals surface area contributed by atoms with Crippen LogP contribution in [0.4, 0.5) is 11.4 Å². The van der Waals surface area contributed by atoms with E-state index in [2.05, 4.69) is 21.7 Å². The Morgan fingerprint density at radius 2 is 1.59 bits per heavy atom. The molecule has 0 spiro atoms. The number of amides is 4. The minimum atomic E-state index is -0.964. The van der Waals surface area contributed by atoms with Gasteiger partial charge in [0.05, 0.1) is 30.7 Å². The molecule has 16 heteroatoms. The summed E-state index contributed by atoms with van der Waals surface area (Å²) in [6, 6.07) is 28.9. The van der Waals surface area contributed by atoms with Crippen LogP contribution in [-0.4, -0.2) is 89.7 Å². The van der Waals surface area contributed by atoms with Gasteiger partial charge in [-0.15, -0.1) is 0 Å². The lowest BCUT2D eigenvalue weighted by Gasteiger charge is -2.35. The molecule has 2 N–H and O–H groups in total. The maximum absolute atomic E-state index is 14.0. The Bertz CT molecular complexity index is 2710. The number of nitrogens with one attached hydrogen (secondary N) is 2. The molecule has 2 atom stereocenters. The van der Waals surface area contributed by atoms with Crippen LogP contribution in [-0.2, 0) is 30.5 Å². The van der Waals surface area contributed by atoms with Gasteiger partial charge in [-0.25, -0.2) is 4.98 Å². The lowest BCUT2D eigenvalue weighted by molar-refractivity contribution is -0.144. The topological polar surface area (TPSA) is 180 Å². The molecule has 0 bridgehead atoms. The highest BCUT2D eigenvalue weighted by molar-refractivity contribution is 7.81. The van der Waals surface area contributed by atoms with E-state index in [0.717, 1.165) is 39.4 Å². The second-order valence-corrected chi connectivity index (χ2v) is 19.1. The number of unbranched alkanes of at least 4 members (excludes halogenated alkanes) is 1. The van der Waals surface area contributed by atoms with Gasteiger partial charge in [0.15, 0.2) is 17.3 Å². The van der Waals surface area contributed by atoms with Crippen LogP contribution in [0.15, 0.2) is 102 Å². The summed E-state index contributed by atoms with van der Waals surface area (Å²) in [7, 11) is 1.48. The molecule has 15 nitrogen and oxygen atoms in total. The first-order valence-electron chi connectivity index (χ1n) is 23.1. The highest BCUT2D eigenvalue weighted by Gasteiger charge is 2.50. The molecular weight excluding hydrogens is 895 g/mol. The lowest BCUT2D eigenvalue weighted by Crippen LogP contribution is -2.58. The van der Waals surface area contributed by atoms with Gasteiger partial charge >= 0.3 is 0 Å². The third kappa shape index (κ3) is 11.3. The molecular formula is C53H59N7O8S. The number of anilines is 2. The molecule has 2 aliphatic heterocycles. The Morgan fingerprint density at radius 3 is 2.23 bits per heavy atom. The van der Waals surface area contributed by atoms with Gasteiger partial charge in [-0.1, -0.05) is 69.3 Å². The predicted molar refractivity (Wildman–Crippen MR) is 266 cm³/mol. The number of benzene rings is 4. The summed E-state index contributed by atoms with van der Waals surface area (Å²) in [5.41, 5.74) is 4.65. The highest BCUT2D eigenvalue weighted by Crippen LogP contribution is 2.39. The zero-order valence-corrected chi connectivity index (χ0v) is 41.0. The molecule has 7 rings (SSSR count). The van der Waals surface area contributed by atoms with Crippen LogP contribution < -0.4 is 29.9 Å². The van der Waals surface area contributed by atoms with E-state index in [4.69, 9.17) is 30.8 Å². The number of aromatic nitrogens is 1. The molecule has 1 unspecified atom stereocenters. The Hall–Kier alpha value is -7.09. The van der Waals surface area contributed by atoms with E-state index in [1.807, 2.05) is 119 Å². The molecule has 1 aromatic heterocycles. The summed E-state index contributed by atoms with van der Waals surface area (Å²) < 4.78 is 22.5. The summed E-state index contributed by atoms with van der Waals surface area (Å²) in [5, 5.41) is 15.6. The van der Waals surface area contributed by atoms with Crippen LogP contribution in [0.1, 0.15) is 77.1 Å². The summed E-state index contributed by atoms with van der Waals surface area (Å²) in [6.45, 7) is 12.5. The van der Waals surface area contributed by atoms with Crippen molar-refractivity contribution in [1.82, 2.24) is 20.5 Å². The van der Waals surface area contributed by atoms with Crippen LogP contribution >= 0.6 is 12.2 Å². The molecule has 360 valence electrons. The van der Waals surface area contributed by atoms with Gasteiger partial charge < -0.3 is 39.1 Å². The Labute approximate surface area is 408 Å². The van der Waals surface area contributed by atoms with Gasteiger partial charge in [-0.2, -0.15) is 5.26 Å². The maximum atomic E-state index is 14.0. The molecule has 69 heavy (non-hydrogen) atoms. The lowest BCUT2D eigenvalue weighted by atomic mass is 9.85. The summed E-state index contributed by atoms with van der Waals surface area (Å²) >= 11 is 5.86. The van der Waals surface area contributed by atoms with Crippen LogP contribution in [0.25, 0.3) is 22.5 Å². The minimum absolute atomic E-state index is 0.194. The molecule has 2 fully saturated rings. The van der Waals surface area contributed by atoms with Crippen molar-refractivity contribution in [2.45, 2.75) is 91.4 Å². The average molecular weight is 954 g/mol. The number of hydrogen-bond acceptors (Lipinski definition) is 11. The van der Waals surface area contributed by atoms with E-state index in [9.17, 15) is 24.4 Å². The van der Waals surface area contributed by atoms with Crippen LogP contribution in [0, 0.1) is 23.7 Å². The molecule has 4 amide bonds. The molecule has 3 heterocycles. The number of ether oxygens (including phenoxy) is 3. The Kier molecular flexibility index (Phi) is 15.5. The van der Waals surface area contributed by atoms with Gasteiger partial charge in [0.2, 0.25) is 17.7 Å². The molecule has 0 saturated carbocycles. The van der Waals surface area contributed by atoms with E-state index in [1.165, 1.54) is 18.4 Å². The third-order valence-electron chi connectivity index (χ3n) is 12.4. The first kappa shape index (κ1) is 49.8. The van der Waals surface area contributed by atoms with Gasteiger partial charge in [-0.05, 0) is 117 Å². The zero-order valence-electron chi connectivity index (χ0n) is 40.2. The van der Waals surface area contributed by atoms with E-state index in [-0.39, 0.29) is 24.3 Å². The molecule has 0 radical (unpaired) electrons. The fraction of sp³-hybridized carbons (Fsp3) is 0.377. The zero-order chi connectivity index (χ0) is 49.5. The second-order valence-electron chi connectivity index (χ2n) is 18.7. The smallest absolute Gasteiger partial charge is 0.259 e. The molecule has 4 aromatic carbocycles. The highest BCUT2D eigenvalue weighted by atomic mass is 32.1. The molecule has 2 aliphatic rings. The molecule has 0 aliphatic carbocycles. The van der Waals surface area contributed by atoms with Crippen molar-refractivity contribution in [3.63, 3.8) is 0 Å². The fourth-order valence-corrected chi connectivity index (χ4v) is 9.08. The van der Waals surface area contributed by atoms with Crippen LogP contribution in [0.2, 0.25) is 0 Å². The van der Waals surface area contributed by atoms with Crippen molar-refractivity contribution in [3.8, 4) is 40.0 Å². The molecule has 5 aromatic rings. The van der Waals surface area contributed by atoms with Gasteiger partial charge in [0.1, 0.15) is 41.8 Å². The largest absolute Gasteiger partial charge is 0.495 e. The molecule has 2 saturated heterocycles. The Morgan fingerprint density at radius 1 is 0.942 bits per heavy atom. The van der Waals surface area contributed by atoms with Gasteiger partial charge in [0.25, 0.3) is 5.91 Å². The van der Waals surface area contributed by atoms with Crippen molar-refractivity contribution in [1.29, 1.82) is 5.26 Å². The van der Waals surface area contributed by atoms with Crippen LogP contribution in [0.5, 0.6) is 11.5 Å². The van der Waals surface area contributed by atoms with Crippen molar-refractivity contribution in [3.05, 3.63) is 114 Å². The Balaban J connectivity index is 0.826. The SMILES string of the molecule is COc1cc(N2C(=O)C(C)(C)N(c3ccc(-c4ccc(OCCCCOCC(=O)NC(C(=O)N5CCC[C@H]5C(=O)NCc5ccc(-c6ocnc6C)cc5)C(C)(C)C)cc4)cc3)C2=S)ccc1C#N. The monoisotopic (exact) mass is 953 g/mol. The number of carbonyl (C=O) groups excluding carboxylic acids is 4. The quantitative estimate of drug-likeness (QED) is 0.0638. The first-order chi connectivity index (χ1) is 33.0. The normalized spacial score (nSPS) is 16.0. The average Bonchev–Trinajstić information content (AvgIpc) is 4.05. The summed E-state index contributed by atoms with van der Waals surface area (Å²) in [6.07, 6.45) is 4.01. The number of methoxy groups -OCH3 is 1. The predicted octanol–water partition coefficient (Wildman–Crippen LogP) is 8.13. The number of likely N-dealkylation sites (tertiary alicyclic amines) is 1. The number of carbonyl (C=O) groups is 4. The van der Waals surface area contributed by atoms with E-state index < -0.39 is 28.9 Å². The van der Waals surface area contributed by atoms with Gasteiger partial charge in [0, 0.05) is 37.0 Å². The summed E-state index contributed by atoms with van der Waals surface area (Å²) in [5.74, 6) is 0.681. The number of rotatable bonds is 18. The van der Waals surface area contributed by atoms with Crippen molar-refractivity contribution in [2.24, 2.45) is 5.41 Å². The van der Waals surface area contributed by atoms with E-state index in [0.29, 0.717) is 79.9 Å². The third-order valence-corrected chi connectivity index (χ3v) is 12.8. The fourth-order valence-electron chi connectivity index (χ4n) is 8.56. The number of nitrogens with zero attached hydrogens (tertiary/aromatic N) is 5. The van der Waals surface area contributed by atoms with E-state index in [1.54, 1.807) is 23.1 Å². The van der Waals surface area contributed by atoms with Crippen molar-refractivity contribution in [2.75, 3.05) is 43.3 Å². The minimum Gasteiger partial charge on any atom is -0.495 e. The summed E-state index contributed by atoms with van der Waals surface area (Å²) in [4.78, 5) is 63.2. The maximum Gasteiger partial charge on any atom is 0.259 e. The number of hydrogen-bond donors (Lipinski definition) is 2.